The Hall–Kier alpha value is -2.48. The molecule has 8 heteroatoms. The zero-order chi connectivity index (χ0) is 18.6. The van der Waals surface area contributed by atoms with Crippen molar-refractivity contribution in [1.29, 1.82) is 0 Å². The molecule has 7 nitrogen and oxygen atoms in total. The lowest BCUT2D eigenvalue weighted by Gasteiger charge is -2.23. The summed E-state index contributed by atoms with van der Waals surface area (Å²) in [5.41, 5.74) is 0. The van der Waals surface area contributed by atoms with Crippen LogP contribution in [0.2, 0.25) is 0 Å². The number of nitrogens with zero attached hydrogens (tertiary/aromatic N) is 4. The van der Waals surface area contributed by atoms with Crippen LogP contribution >= 0.6 is 0 Å². The van der Waals surface area contributed by atoms with E-state index in [1.807, 2.05) is 0 Å². The standard InChI is InChI=1S/C19H24FN5O2/c20-15-3-5-16(6-4-15)27-13-18(26)24-9-7-17-22-23-19(25(17)11-10-24)14-2-1-8-21-12-14/h3-6,14,21H,1-2,7-13H2. The zero-order valence-electron chi connectivity index (χ0n) is 15.2. The minimum Gasteiger partial charge on any atom is -0.484 e. The third-order valence-electron chi connectivity index (χ3n) is 5.25. The van der Waals surface area contributed by atoms with E-state index in [2.05, 4.69) is 20.1 Å². The number of hydrogen-bond acceptors (Lipinski definition) is 5. The molecule has 2 aliphatic rings. The van der Waals surface area contributed by atoms with Crippen LogP contribution in [0.4, 0.5) is 4.39 Å². The van der Waals surface area contributed by atoms with Gasteiger partial charge in [0.05, 0.1) is 0 Å². The SMILES string of the molecule is O=C(COc1ccc(F)cc1)N1CCc2nnc(C3CCCNC3)n2CC1. The molecule has 1 fully saturated rings. The fraction of sp³-hybridized carbons (Fsp3) is 0.526. The molecule has 1 atom stereocenters. The molecule has 1 aromatic heterocycles. The van der Waals surface area contributed by atoms with E-state index in [-0.39, 0.29) is 18.3 Å². The lowest BCUT2D eigenvalue weighted by atomic mass is 9.99. The molecule has 1 N–H and O–H groups in total. The highest BCUT2D eigenvalue weighted by atomic mass is 19.1. The number of carbonyl (C=O) groups is 1. The predicted octanol–water partition coefficient (Wildman–Crippen LogP) is 1.35. The summed E-state index contributed by atoms with van der Waals surface area (Å²) in [7, 11) is 0. The van der Waals surface area contributed by atoms with Gasteiger partial charge in [-0.15, -0.1) is 10.2 Å². The molecule has 144 valence electrons. The van der Waals surface area contributed by atoms with Gasteiger partial charge in [0.2, 0.25) is 0 Å². The smallest absolute Gasteiger partial charge is 0.260 e. The average molecular weight is 373 g/mol. The summed E-state index contributed by atoms with van der Waals surface area (Å²) in [4.78, 5) is 14.3. The Bertz CT molecular complexity index is 786. The Morgan fingerprint density at radius 1 is 1.22 bits per heavy atom. The summed E-state index contributed by atoms with van der Waals surface area (Å²) in [6.07, 6.45) is 2.97. The predicted molar refractivity (Wildman–Crippen MR) is 97.0 cm³/mol. The van der Waals surface area contributed by atoms with E-state index in [9.17, 15) is 9.18 Å². The first-order valence-corrected chi connectivity index (χ1v) is 9.49. The number of halogens is 1. The van der Waals surface area contributed by atoms with E-state index in [1.165, 1.54) is 24.3 Å². The van der Waals surface area contributed by atoms with E-state index in [4.69, 9.17) is 4.74 Å². The number of carbonyl (C=O) groups excluding carboxylic acids is 1. The van der Waals surface area contributed by atoms with Gasteiger partial charge in [0.15, 0.2) is 6.61 Å². The Morgan fingerprint density at radius 2 is 2.07 bits per heavy atom. The lowest BCUT2D eigenvalue weighted by molar-refractivity contribution is -0.133. The van der Waals surface area contributed by atoms with E-state index in [0.29, 0.717) is 37.7 Å². The number of piperidine rings is 1. The minimum atomic E-state index is -0.326. The topological polar surface area (TPSA) is 72.3 Å². The van der Waals surface area contributed by atoms with Gasteiger partial charge in [-0.1, -0.05) is 0 Å². The van der Waals surface area contributed by atoms with Crippen LogP contribution in [0.5, 0.6) is 5.75 Å². The molecule has 0 bridgehead atoms. The summed E-state index contributed by atoms with van der Waals surface area (Å²) in [6.45, 7) is 3.87. The number of rotatable bonds is 4. The quantitative estimate of drug-likeness (QED) is 0.876. The summed E-state index contributed by atoms with van der Waals surface area (Å²) in [6, 6.07) is 5.69. The second-order valence-corrected chi connectivity index (χ2v) is 7.04. The Balaban J connectivity index is 1.36. The maximum Gasteiger partial charge on any atom is 0.260 e. The van der Waals surface area contributed by atoms with Gasteiger partial charge >= 0.3 is 0 Å². The van der Waals surface area contributed by atoms with Crippen molar-refractivity contribution in [2.45, 2.75) is 31.7 Å². The molecule has 1 saturated heterocycles. The Labute approximate surface area is 157 Å². The maximum absolute atomic E-state index is 12.9. The van der Waals surface area contributed by atoms with Gasteiger partial charge in [0.1, 0.15) is 23.2 Å². The molecule has 1 amide bonds. The van der Waals surface area contributed by atoms with Crippen LogP contribution in [0.25, 0.3) is 0 Å². The van der Waals surface area contributed by atoms with Crippen molar-refractivity contribution in [2.75, 3.05) is 32.8 Å². The highest BCUT2D eigenvalue weighted by Crippen LogP contribution is 2.23. The van der Waals surface area contributed by atoms with Crippen molar-refractivity contribution >= 4 is 5.91 Å². The number of benzene rings is 1. The number of amides is 1. The number of ether oxygens (including phenoxy) is 1. The van der Waals surface area contributed by atoms with Gasteiger partial charge in [-0.2, -0.15) is 0 Å². The summed E-state index contributed by atoms with van der Waals surface area (Å²) >= 11 is 0. The van der Waals surface area contributed by atoms with Crippen molar-refractivity contribution in [1.82, 2.24) is 25.0 Å². The molecule has 3 heterocycles. The molecule has 0 saturated carbocycles. The monoisotopic (exact) mass is 373 g/mol. The van der Waals surface area contributed by atoms with Crippen molar-refractivity contribution in [3.8, 4) is 5.75 Å². The van der Waals surface area contributed by atoms with Gasteiger partial charge < -0.3 is 19.5 Å². The summed E-state index contributed by atoms with van der Waals surface area (Å²) < 4.78 is 20.6. The molecule has 27 heavy (non-hydrogen) atoms. The molecule has 4 rings (SSSR count). The van der Waals surface area contributed by atoms with Crippen LogP contribution in [0, 0.1) is 5.82 Å². The van der Waals surface area contributed by atoms with E-state index in [0.717, 1.165) is 37.6 Å². The first-order valence-electron chi connectivity index (χ1n) is 9.49. The highest BCUT2D eigenvalue weighted by molar-refractivity contribution is 5.77. The average Bonchev–Trinajstić information content (AvgIpc) is 2.99. The van der Waals surface area contributed by atoms with E-state index >= 15 is 0 Å². The molecule has 1 aromatic carbocycles. The van der Waals surface area contributed by atoms with Gasteiger partial charge in [0, 0.05) is 38.5 Å². The number of hydrogen-bond donors (Lipinski definition) is 1. The minimum absolute atomic E-state index is 0.0500. The van der Waals surface area contributed by atoms with Crippen molar-refractivity contribution in [2.24, 2.45) is 0 Å². The first kappa shape index (κ1) is 17.9. The second kappa shape index (κ2) is 8.04. The number of fused-ring (bicyclic) bond motifs is 1. The number of nitrogens with one attached hydrogen (secondary N) is 1. The van der Waals surface area contributed by atoms with Crippen LogP contribution in [0.3, 0.4) is 0 Å². The van der Waals surface area contributed by atoms with Gasteiger partial charge in [-0.25, -0.2) is 4.39 Å². The molecule has 2 aromatic rings. The molecule has 0 spiro atoms. The lowest BCUT2D eigenvalue weighted by Crippen LogP contribution is -2.37. The fourth-order valence-corrected chi connectivity index (χ4v) is 3.74. The molecule has 1 unspecified atom stereocenters. The van der Waals surface area contributed by atoms with Crippen LogP contribution in [0.1, 0.15) is 30.4 Å². The molecule has 2 aliphatic heterocycles. The molecular weight excluding hydrogens is 349 g/mol. The van der Waals surface area contributed by atoms with E-state index in [1.54, 1.807) is 4.90 Å². The zero-order valence-corrected chi connectivity index (χ0v) is 15.2. The van der Waals surface area contributed by atoms with Gasteiger partial charge in [-0.05, 0) is 43.7 Å². The summed E-state index contributed by atoms with van der Waals surface area (Å²) in [5, 5.41) is 12.2. The summed E-state index contributed by atoms with van der Waals surface area (Å²) in [5.74, 6) is 2.47. The van der Waals surface area contributed by atoms with Gasteiger partial charge in [-0.3, -0.25) is 4.79 Å². The molecule has 0 radical (unpaired) electrons. The fourth-order valence-electron chi connectivity index (χ4n) is 3.74. The van der Waals surface area contributed by atoms with Crippen LogP contribution in [0.15, 0.2) is 24.3 Å². The third kappa shape index (κ3) is 4.10. The van der Waals surface area contributed by atoms with E-state index < -0.39 is 0 Å². The Kier molecular flexibility index (Phi) is 5.33. The van der Waals surface area contributed by atoms with Crippen LogP contribution < -0.4 is 10.1 Å². The molecular formula is C19H24FN5O2. The van der Waals surface area contributed by atoms with Crippen molar-refractivity contribution in [3.63, 3.8) is 0 Å². The van der Waals surface area contributed by atoms with Gasteiger partial charge in [0.25, 0.3) is 5.91 Å². The first-order chi connectivity index (χ1) is 13.2. The highest BCUT2D eigenvalue weighted by Gasteiger charge is 2.26. The Morgan fingerprint density at radius 3 is 2.85 bits per heavy atom. The van der Waals surface area contributed by atoms with Crippen LogP contribution in [-0.2, 0) is 17.8 Å². The molecule has 0 aliphatic carbocycles. The van der Waals surface area contributed by atoms with Crippen molar-refractivity contribution < 1.29 is 13.9 Å². The largest absolute Gasteiger partial charge is 0.484 e. The maximum atomic E-state index is 12.9. The normalized spacial score (nSPS) is 20.0. The van der Waals surface area contributed by atoms with Crippen molar-refractivity contribution in [3.05, 3.63) is 41.7 Å². The third-order valence-corrected chi connectivity index (χ3v) is 5.25. The number of aromatic nitrogens is 3. The van der Waals surface area contributed by atoms with Crippen LogP contribution in [-0.4, -0.2) is 58.4 Å². The second-order valence-electron chi connectivity index (χ2n) is 7.04.